The minimum absolute atomic E-state index is 0.201. The van der Waals surface area contributed by atoms with Crippen molar-refractivity contribution in [1.29, 1.82) is 0 Å². The van der Waals surface area contributed by atoms with Crippen LogP contribution < -0.4 is 15.5 Å². The molecule has 1 atom stereocenters. The lowest BCUT2D eigenvalue weighted by Gasteiger charge is -2.15. The Morgan fingerprint density at radius 3 is 2.32 bits per heavy atom. The maximum Gasteiger partial charge on any atom is 0.414 e. The fourth-order valence-electron chi connectivity index (χ4n) is 3.76. The molecule has 2 amide bonds. The van der Waals surface area contributed by atoms with Gasteiger partial charge in [-0.1, -0.05) is 48.0 Å². The molecule has 4 rings (SSSR count). The predicted octanol–water partition coefficient (Wildman–Crippen LogP) is 4.90. The van der Waals surface area contributed by atoms with Gasteiger partial charge in [-0.2, -0.15) is 0 Å². The number of nitrogens with zero attached hydrogens (tertiary/aromatic N) is 1. The third kappa shape index (κ3) is 5.92. The summed E-state index contributed by atoms with van der Waals surface area (Å²) in [5.74, 6) is -0.627. The molecule has 1 fully saturated rings. The Hall–Kier alpha value is -3.42. The summed E-state index contributed by atoms with van der Waals surface area (Å²) >= 11 is 5.91. The Labute approximate surface area is 202 Å². The molecular formula is C26H25ClFN3O3. The standard InChI is InChI=1S/C26H25ClFN3O3/c1-17(32)30-15-23-16-31(26(33)34-23)22-10-11-24(25(28)12-22)20-6-2-18(3-7-20)13-29-14-19-4-8-21(27)9-5-19/h2-12,23,29H,13-16H2,1H3,(H,30,32)/t23-/m0/s1. The maximum atomic E-state index is 14.9. The largest absolute Gasteiger partial charge is 0.442 e. The second-order valence-corrected chi connectivity index (χ2v) is 8.58. The molecule has 1 saturated heterocycles. The Morgan fingerprint density at radius 1 is 1.06 bits per heavy atom. The molecule has 0 aliphatic carbocycles. The number of halogens is 2. The summed E-state index contributed by atoms with van der Waals surface area (Å²) in [7, 11) is 0. The smallest absolute Gasteiger partial charge is 0.414 e. The van der Waals surface area contributed by atoms with E-state index in [9.17, 15) is 14.0 Å². The van der Waals surface area contributed by atoms with Crippen LogP contribution in [-0.2, 0) is 22.6 Å². The monoisotopic (exact) mass is 481 g/mol. The zero-order chi connectivity index (χ0) is 24.1. The van der Waals surface area contributed by atoms with Crippen molar-refractivity contribution >= 4 is 29.3 Å². The second-order valence-electron chi connectivity index (χ2n) is 8.14. The quantitative estimate of drug-likeness (QED) is 0.480. The van der Waals surface area contributed by atoms with Gasteiger partial charge in [0, 0.05) is 30.6 Å². The summed E-state index contributed by atoms with van der Waals surface area (Å²) < 4.78 is 20.2. The number of rotatable bonds is 8. The molecule has 3 aromatic rings. The first-order valence-corrected chi connectivity index (χ1v) is 11.3. The highest BCUT2D eigenvalue weighted by molar-refractivity contribution is 6.30. The molecule has 0 saturated carbocycles. The van der Waals surface area contributed by atoms with Crippen LogP contribution >= 0.6 is 11.6 Å². The SMILES string of the molecule is CC(=O)NC[C@H]1CN(c2ccc(-c3ccc(CNCc4ccc(Cl)cc4)cc3)c(F)c2)C(=O)O1. The van der Waals surface area contributed by atoms with Gasteiger partial charge in [0.1, 0.15) is 11.9 Å². The molecule has 1 heterocycles. The molecule has 8 heteroatoms. The maximum absolute atomic E-state index is 14.9. The summed E-state index contributed by atoms with van der Waals surface area (Å²) in [6.45, 7) is 3.27. The van der Waals surface area contributed by atoms with Gasteiger partial charge in [0.25, 0.3) is 0 Å². The number of ether oxygens (including phenoxy) is 1. The van der Waals surface area contributed by atoms with E-state index in [1.54, 1.807) is 12.1 Å². The van der Waals surface area contributed by atoms with Gasteiger partial charge in [-0.15, -0.1) is 0 Å². The van der Waals surface area contributed by atoms with Gasteiger partial charge >= 0.3 is 6.09 Å². The van der Waals surface area contributed by atoms with E-state index in [1.807, 2.05) is 48.5 Å². The van der Waals surface area contributed by atoms with Crippen molar-refractivity contribution in [3.05, 3.63) is 88.7 Å². The van der Waals surface area contributed by atoms with Crippen molar-refractivity contribution in [2.24, 2.45) is 0 Å². The van der Waals surface area contributed by atoms with Crippen molar-refractivity contribution in [3.63, 3.8) is 0 Å². The molecule has 34 heavy (non-hydrogen) atoms. The van der Waals surface area contributed by atoms with Crippen molar-refractivity contribution in [2.45, 2.75) is 26.1 Å². The number of hydrogen-bond donors (Lipinski definition) is 2. The molecule has 0 unspecified atom stereocenters. The van der Waals surface area contributed by atoms with Gasteiger partial charge in [-0.25, -0.2) is 9.18 Å². The topological polar surface area (TPSA) is 70.7 Å². The number of hydrogen-bond acceptors (Lipinski definition) is 4. The third-order valence-electron chi connectivity index (χ3n) is 5.55. The van der Waals surface area contributed by atoms with E-state index in [0.717, 1.165) is 23.2 Å². The average Bonchev–Trinajstić information content (AvgIpc) is 3.20. The van der Waals surface area contributed by atoms with Crippen LogP contribution in [-0.4, -0.2) is 31.2 Å². The Morgan fingerprint density at radius 2 is 1.71 bits per heavy atom. The average molecular weight is 482 g/mol. The molecule has 0 radical (unpaired) electrons. The van der Waals surface area contributed by atoms with Crippen molar-refractivity contribution in [3.8, 4) is 11.1 Å². The van der Waals surface area contributed by atoms with Crippen molar-refractivity contribution in [1.82, 2.24) is 10.6 Å². The molecule has 6 nitrogen and oxygen atoms in total. The van der Waals surface area contributed by atoms with Crippen LogP contribution in [0.1, 0.15) is 18.1 Å². The normalized spacial score (nSPS) is 15.3. The fourth-order valence-corrected chi connectivity index (χ4v) is 3.88. The first-order valence-electron chi connectivity index (χ1n) is 11.0. The van der Waals surface area contributed by atoms with E-state index in [1.165, 1.54) is 17.9 Å². The van der Waals surface area contributed by atoms with Crippen LogP contribution in [0.25, 0.3) is 11.1 Å². The fraction of sp³-hybridized carbons (Fsp3) is 0.231. The molecule has 3 aromatic carbocycles. The minimum atomic E-state index is -0.557. The molecule has 1 aliphatic rings. The number of anilines is 1. The van der Waals surface area contributed by atoms with Gasteiger partial charge in [0.2, 0.25) is 5.91 Å². The molecule has 0 spiro atoms. The molecule has 2 N–H and O–H groups in total. The van der Waals surface area contributed by atoms with Crippen LogP contribution in [0.5, 0.6) is 0 Å². The Kier molecular flexibility index (Phi) is 7.45. The second kappa shape index (κ2) is 10.7. The molecule has 176 valence electrons. The molecular weight excluding hydrogens is 457 g/mol. The summed E-state index contributed by atoms with van der Waals surface area (Å²) in [5.41, 5.74) is 3.84. The first kappa shape index (κ1) is 23.7. The van der Waals surface area contributed by atoms with E-state index in [0.29, 0.717) is 22.8 Å². The molecule has 0 bridgehead atoms. The Bertz CT molecular complexity index is 1170. The summed E-state index contributed by atoms with van der Waals surface area (Å²) in [6, 6.07) is 20.1. The number of amides is 2. The van der Waals surface area contributed by atoms with Gasteiger partial charge in [-0.3, -0.25) is 9.69 Å². The van der Waals surface area contributed by atoms with Gasteiger partial charge in [0.05, 0.1) is 18.8 Å². The number of carbonyl (C=O) groups excluding carboxylic acids is 2. The van der Waals surface area contributed by atoms with Crippen molar-refractivity contribution in [2.75, 3.05) is 18.0 Å². The van der Waals surface area contributed by atoms with Crippen LogP contribution in [0.3, 0.4) is 0 Å². The van der Waals surface area contributed by atoms with Gasteiger partial charge < -0.3 is 15.4 Å². The zero-order valence-electron chi connectivity index (χ0n) is 18.7. The number of nitrogens with one attached hydrogen (secondary N) is 2. The molecule has 1 aliphatic heterocycles. The van der Waals surface area contributed by atoms with Crippen LogP contribution in [0, 0.1) is 5.82 Å². The van der Waals surface area contributed by atoms with Crippen molar-refractivity contribution < 1.29 is 18.7 Å². The third-order valence-corrected chi connectivity index (χ3v) is 5.81. The predicted molar refractivity (Wildman–Crippen MR) is 130 cm³/mol. The first-order chi connectivity index (χ1) is 16.4. The lowest BCUT2D eigenvalue weighted by Crippen LogP contribution is -2.33. The number of cyclic esters (lactones) is 1. The van der Waals surface area contributed by atoms with E-state index >= 15 is 0 Å². The summed E-state index contributed by atoms with van der Waals surface area (Å²) in [6.07, 6.45) is -1.03. The van der Waals surface area contributed by atoms with Crippen LogP contribution in [0.2, 0.25) is 5.02 Å². The number of benzene rings is 3. The van der Waals surface area contributed by atoms with E-state index in [4.69, 9.17) is 16.3 Å². The number of carbonyl (C=O) groups is 2. The van der Waals surface area contributed by atoms with E-state index < -0.39 is 18.0 Å². The Balaban J connectivity index is 1.36. The lowest BCUT2D eigenvalue weighted by molar-refractivity contribution is -0.119. The molecule has 0 aromatic heterocycles. The van der Waals surface area contributed by atoms with Gasteiger partial charge in [0.15, 0.2) is 0 Å². The highest BCUT2D eigenvalue weighted by Gasteiger charge is 2.32. The van der Waals surface area contributed by atoms with Crippen LogP contribution in [0.15, 0.2) is 66.7 Å². The lowest BCUT2D eigenvalue weighted by atomic mass is 10.0. The van der Waals surface area contributed by atoms with Gasteiger partial charge in [-0.05, 0) is 47.0 Å². The summed E-state index contributed by atoms with van der Waals surface area (Å²) in [4.78, 5) is 24.6. The van der Waals surface area contributed by atoms with E-state index in [2.05, 4.69) is 10.6 Å². The highest BCUT2D eigenvalue weighted by atomic mass is 35.5. The highest BCUT2D eigenvalue weighted by Crippen LogP contribution is 2.29. The minimum Gasteiger partial charge on any atom is -0.442 e. The van der Waals surface area contributed by atoms with E-state index in [-0.39, 0.29) is 19.0 Å². The van der Waals surface area contributed by atoms with Crippen LogP contribution in [0.4, 0.5) is 14.9 Å². The summed E-state index contributed by atoms with van der Waals surface area (Å²) in [5, 5.41) is 6.72. The zero-order valence-corrected chi connectivity index (χ0v) is 19.4.